The second kappa shape index (κ2) is 6.65. The summed E-state index contributed by atoms with van der Waals surface area (Å²) >= 11 is 3.31. The molecule has 0 amide bonds. The van der Waals surface area contributed by atoms with E-state index in [1.807, 2.05) is 31.2 Å². The molecule has 1 aromatic heterocycles. The van der Waals surface area contributed by atoms with Gasteiger partial charge in [-0.05, 0) is 43.3 Å². The Balaban J connectivity index is 2.14. The molecule has 1 heterocycles. The van der Waals surface area contributed by atoms with E-state index in [1.54, 1.807) is 43.3 Å². The van der Waals surface area contributed by atoms with Crippen LogP contribution in [-0.4, -0.2) is 27.5 Å². The molecule has 0 aliphatic carbocycles. The number of aromatic nitrogens is 1. The normalized spacial score (nSPS) is 11.5. The number of nitrogens with zero attached hydrogens (tertiary/aromatic N) is 2. The van der Waals surface area contributed by atoms with E-state index in [-0.39, 0.29) is 21.7 Å². The second-order valence-corrected chi connectivity index (χ2v) is 8.63. The van der Waals surface area contributed by atoms with Crippen molar-refractivity contribution in [2.45, 2.75) is 16.8 Å². The Hall–Kier alpha value is -2.12. The van der Waals surface area contributed by atoms with Gasteiger partial charge in [0.15, 0.2) is 0 Å². The number of hydrogen-bond acceptors (Lipinski definition) is 5. The van der Waals surface area contributed by atoms with E-state index in [0.29, 0.717) is 0 Å². The summed E-state index contributed by atoms with van der Waals surface area (Å²) in [6.07, 6.45) is 0. The van der Waals surface area contributed by atoms with Crippen LogP contribution in [0.15, 0.2) is 67.3 Å². The smallest absolute Gasteiger partial charge is 0.235 e. The van der Waals surface area contributed by atoms with E-state index in [4.69, 9.17) is 4.42 Å². The molecule has 0 fully saturated rings. The molecule has 0 bridgehead atoms. The Bertz CT molecular complexity index is 992. The molecule has 3 rings (SSSR count). The molecular formula is C18H17BrN2O3S. The van der Waals surface area contributed by atoms with Crippen molar-refractivity contribution < 1.29 is 12.8 Å². The molecule has 0 N–H and O–H groups in total. The van der Waals surface area contributed by atoms with Gasteiger partial charge in [0.25, 0.3) is 0 Å². The van der Waals surface area contributed by atoms with E-state index >= 15 is 0 Å². The first kappa shape index (κ1) is 17.7. The molecule has 7 heteroatoms. The van der Waals surface area contributed by atoms with Crippen LogP contribution in [0.2, 0.25) is 0 Å². The first-order valence-corrected chi connectivity index (χ1v) is 9.82. The van der Waals surface area contributed by atoms with Gasteiger partial charge in [0.05, 0.1) is 4.90 Å². The molecule has 130 valence electrons. The number of rotatable bonds is 4. The van der Waals surface area contributed by atoms with E-state index in [9.17, 15) is 8.42 Å². The number of anilines is 1. The summed E-state index contributed by atoms with van der Waals surface area (Å²) in [4.78, 5) is 6.07. The Labute approximate surface area is 155 Å². The van der Waals surface area contributed by atoms with Crippen LogP contribution in [0, 0.1) is 6.92 Å². The monoisotopic (exact) mass is 420 g/mol. The van der Waals surface area contributed by atoms with Crippen LogP contribution in [0.1, 0.15) is 5.56 Å². The lowest BCUT2D eigenvalue weighted by Crippen LogP contribution is -2.13. The SMILES string of the molecule is Cc1ccc(-c2nc(S(=O)(=O)c3ccc(Br)cc3)c(N(C)C)o2)cc1. The van der Waals surface area contributed by atoms with Gasteiger partial charge in [0.2, 0.25) is 26.6 Å². The standard InChI is InChI=1S/C18H17BrN2O3S/c1-12-4-6-13(7-5-12)16-20-17(18(24-16)21(2)3)25(22,23)15-10-8-14(19)9-11-15/h4-11H,1-3H3. The third-order valence-electron chi connectivity index (χ3n) is 3.66. The zero-order valence-electron chi connectivity index (χ0n) is 14.0. The number of benzene rings is 2. The maximum absolute atomic E-state index is 13.0. The van der Waals surface area contributed by atoms with E-state index in [2.05, 4.69) is 20.9 Å². The van der Waals surface area contributed by atoms with Crippen molar-refractivity contribution in [1.82, 2.24) is 4.98 Å². The lowest BCUT2D eigenvalue weighted by molar-refractivity contribution is 0.564. The zero-order chi connectivity index (χ0) is 18.2. The van der Waals surface area contributed by atoms with Gasteiger partial charge in [-0.2, -0.15) is 4.98 Å². The zero-order valence-corrected chi connectivity index (χ0v) is 16.4. The van der Waals surface area contributed by atoms with Crippen molar-refractivity contribution >= 4 is 31.7 Å². The number of hydrogen-bond donors (Lipinski definition) is 0. The van der Waals surface area contributed by atoms with Crippen LogP contribution >= 0.6 is 15.9 Å². The maximum atomic E-state index is 13.0. The fraction of sp³-hybridized carbons (Fsp3) is 0.167. The predicted octanol–water partition coefficient (Wildman–Crippen LogP) is 4.31. The van der Waals surface area contributed by atoms with Gasteiger partial charge in [0, 0.05) is 24.1 Å². The van der Waals surface area contributed by atoms with Gasteiger partial charge < -0.3 is 9.32 Å². The third kappa shape index (κ3) is 3.48. The Morgan fingerprint density at radius 1 is 1.00 bits per heavy atom. The Kier molecular flexibility index (Phi) is 4.71. The summed E-state index contributed by atoms with van der Waals surface area (Å²) in [7, 11) is -0.350. The summed E-state index contributed by atoms with van der Waals surface area (Å²) in [5.74, 6) is 0.484. The molecule has 0 aliphatic heterocycles. The minimum absolute atomic E-state index is 0.0876. The second-order valence-electron chi connectivity index (χ2n) is 5.85. The molecule has 3 aromatic rings. The molecule has 2 aromatic carbocycles. The summed E-state index contributed by atoms with van der Waals surface area (Å²) < 4.78 is 32.6. The molecule has 0 aliphatic rings. The molecule has 0 spiro atoms. The molecule has 0 saturated heterocycles. The highest BCUT2D eigenvalue weighted by Crippen LogP contribution is 2.34. The van der Waals surface area contributed by atoms with Crippen LogP contribution < -0.4 is 4.90 Å². The van der Waals surface area contributed by atoms with Gasteiger partial charge in [-0.3, -0.25) is 0 Å². The molecule has 5 nitrogen and oxygen atoms in total. The van der Waals surface area contributed by atoms with Crippen molar-refractivity contribution in [1.29, 1.82) is 0 Å². The molecule has 25 heavy (non-hydrogen) atoms. The lowest BCUT2D eigenvalue weighted by atomic mass is 10.1. The summed E-state index contributed by atoms with van der Waals surface area (Å²) in [5, 5.41) is -0.0876. The minimum Gasteiger partial charge on any atom is -0.419 e. The summed E-state index contributed by atoms with van der Waals surface area (Å²) in [6.45, 7) is 1.98. The number of sulfone groups is 1. The molecular weight excluding hydrogens is 404 g/mol. The summed E-state index contributed by atoms with van der Waals surface area (Å²) in [6, 6.07) is 14.0. The minimum atomic E-state index is -3.79. The van der Waals surface area contributed by atoms with Gasteiger partial charge in [0.1, 0.15) is 0 Å². The van der Waals surface area contributed by atoms with Crippen molar-refractivity contribution in [3.63, 3.8) is 0 Å². The fourth-order valence-corrected chi connectivity index (χ4v) is 3.94. The average molecular weight is 421 g/mol. The van der Waals surface area contributed by atoms with Crippen LogP contribution in [0.4, 0.5) is 5.88 Å². The molecule has 0 atom stereocenters. The Morgan fingerprint density at radius 2 is 1.60 bits per heavy atom. The predicted molar refractivity (Wildman–Crippen MR) is 101 cm³/mol. The molecule has 0 unspecified atom stereocenters. The first-order chi connectivity index (χ1) is 11.8. The quantitative estimate of drug-likeness (QED) is 0.628. The first-order valence-electron chi connectivity index (χ1n) is 7.55. The van der Waals surface area contributed by atoms with Gasteiger partial charge >= 0.3 is 0 Å². The van der Waals surface area contributed by atoms with Crippen molar-refractivity contribution in [2.24, 2.45) is 0 Å². The van der Waals surface area contributed by atoms with Gasteiger partial charge in [-0.15, -0.1) is 0 Å². The van der Waals surface area contributed by atoms with Crippen molar-refractivity contribution in [3.05, 3.63) is 58.6 Å². The number of halogens is 1. The Morgan fingerprint density at radius 3 is 2.16 bits per heavy atom. The van der Waals surface area contributed by atoms with E-state index in [0.717, 1.165) is 15.6 Å². The van der Waals surface area contributed by atoms with Gasteiger partial charge in [-0.1, -0.05) is 33.6 Å². The third-order valence-corrected chi connectivity index (χ3v) is 5.86. The van der Waals surface area contributed by atoms with Crippen LogP contribution in [0.25, 0.3) is 11.5 Å². The number of oxazole rings is 1. The molecule has 0 radical (unpaired) electrons. The van der Waals surface area contributed by atoms with E-state index in [1.165, 1.54) is 0 Å². The summed E-state index contributed by atoms with van der Waals surface area (Å²) in [5.41, 5.74) is 1.83. The topological polar surface area (TPSA) is 63.4 Å². The van der Waals surface area contributed by atoms with E-state index < -0.39 is 9.84 Å². The van der Waals surface area contributed by atoms with Crippen LogP contribution in [0.5, 0.6) is 0 Å². The van der Waals surface area contributed by atoms with Crippen molar-refractivity contribution in [3.8, 4) is 11.5 Å². The van der Waals surface area contributed by atoms with Crippen LogP contribution in [-0.2, 0) is 9.84 Å². The average Bonchev–Trinajstić information content (AvgIpc) is 3.02. The largest absolute Gasteiger partial charge is 0.419 e. The molecule has 0 saturated carbocycles. The van der Waals surface area contributed by atoms with Gasteiger partial charge in [-0.25, -0.2) is 8.42 Å². The highest BCUT2D eigenvalue weighted by molar-refractivity contribution is 9.10. The highest BCUT2D eigenvalue weighted by Gasteiger charge is 2.29. The maximum Gasteiger partial charge on any atom is 0.235 e. The number of aryl methyl sites for hydroxylation is 1. The fourth-order valence-electron chi connectivity index (χ4n) is 2.30. The highest BCUT2D eigenvalue weighted by atomic mass is 79.9. The lowest BCUT2D eigenvalue weighted by Gasteiger charge is -2.10. The van der Waals surface area contributed by atoms with Crippen LogP contribution in [0.3, 0.4) is 0 Å². The van der Waals surface area contributed by atoms with Crippen molar-refractivity contribution in [2.75, 3.05) is 19.0 Å².